The lowest BCUT2D eigenvalue weighted by molar-refractivity contribution is -0.117. The number of benzene rings is 1. The number of carbonyl (C=O) groups is 1. The highest BCUT2D eigenvalue weighted by Gasteiger charge is 2.00. The van der Waals surface area contributed by atoms with E-state index >= 15 is 0 Å². The van der Waals surface area contributed by atoms with Crippen LogP contribution in [0.4, 0.5) is 5.69 Å². The summed E-state index contributed by atoms with van der Waals surface area (Å²) in [7, 11) is 0. The van der Waals surface area contributed by atoms with E-state index in [1.165, 1.54) is 11.8 Å². The minimum Gasteiger partial charge on any atom is -0.398 e. The van der Waals surface area contributed by atoms with Gasteiger partial charge in [-0.3, -0.25) is 4.79 Å². The molecule has 14 heavy (non-hydrogen) atoms. The number of nitrogens with two attached hydrogens (primary N) is 2. The Morgan fingerprint density at radius 2 is 2.21 bits per heavy atom. The quantitative estimate of drug-likeness (QED) is 0.613. The molecule has 0 spiro atoms. The molecule has 0 aliphatic rings. The van der Waals surface area contributed by atoms with Crippen molar-refractivity contribution in [2.45, 2.75) is 11.3 Å². The van der Waals surface area contributed by atoms with Crippen molar-refractivity contribution in [1.82, 2.24) is 0 Å². The van der Waals surface area contributed by atoms with Gasteiger partial charge in [-0.1, -0.05) is 11.6 Å². The predicted molar refractivity (Wildman–Crippen MR) is 60.4 cm³/mol. The van der Waals surface area contributed by atoms with E-state index in [4.69, 9.17) is 23.1 Å². The molecule has 1 amide bonds. The number of halogens is 1. The molecule has 1 rings (SSSR count). The first kappa shape index (κ1) is 11.2. The fraction of sp³-hybridized carbons (Fsp3) is 0.222. The smallest absolute Gasteiger partial charge is 0.218 e. The van der Waals surface area contributed by atoms with Crippen LogP contribution < -0.4 is 11.5 Å². The molecule has 4 N–H and O–H groups in total. The Bertz CT molecular complexity index is 344. The van der Waals surface area contributed by atoms with Crippen molar-refractivity contribution in [3.63, 3.8) is 0 Å². The van der Waals surface area contributed by atoms with Crippen LogP contribution in [0.25, 0.3) is 0 Å². The number of hydrogen-bond acceptors (Lipinski definition) is 3. The molecule has 0 unspecified atom stereocenters. The van der Waals surface area contributed by atoms with Crippen LogP contribution in [-0.2, 0) is 4.79 Å². The topological polar surface area (TPSA) is 69.1 Å². The molecule has 0 aromatic heterocycles. The number of carbonyl (C=O) groups excluding carboxylic acids is 1. The van der Waals surface area contributed by atoms with Crippen molar-refractivity contribution in [3.8, 4) is 0 Å². The van der Waals surface area contributed by atoms with Gasteiger partial charge in [-0.25, -0.2) is 0 Å². The first-order chi connectivity index (χ1) is 6.59. The van der Waals surface area contributed by atoms with E-state index in [0.717, 1.165) is 4.90 Å². The number of thioether (sulfide) groups is 1. The zero-order valence-electron chi connectivity index (χ0n) is 7.50. The number of primary amides is 1. The molecule has 0 atom stereocenters. The third kappa shape index (κ3) is 3.47. The van der Waals surface area contributed by atoms with Crippen LogP contribution in [0.5, 0.6) is 0 Å². The van der Waals surface area contributed by atoms with Crippen molar-refractivity contribution >= 4 is 35.0 Å². The Balaban J connectivity index is 2.51. The van der Waals surface area contributed by atoms with E-state index in [2.05, 4.69) is 0 Å². The summed E-state index contributed by atoms with van der Waals surface area (Å²) in [6, 6.07) is 5.39. The molecule has 5 heteroatoms. The molecular weight excluding hydrogens is 220 g/mol. The zero-order chi connectivity index (χ0) is 10.6. The predicted octanol–water partition coefficient (Wildman–Crippen LogP) is 1.89. The van der Waals surface area contributed by atoms with Crippen molar-refractivity contribution < 1.29 is 4.79 Å². The number of hydrogen-bond donors (Lipinski definition) is 2. The van der Waals surface area contributed by atoms with Gasteiger partial charge in [-0.05, 0) is 18.2 Å². The maximum Gasteiger partial charge on any atom is 0.218 e. The van der Waals surface area contributed by atoms with E-state index in [9.17, 15) is 4.79 Å². The van der Waals surface area contributed by atoms with Gasteiger partial charge in [0.05, 0.1) is 10.7 Å². The molecular formula is C9H11ClN2OS. The van der Waals surface area contributed by atoms with Gasteiger partial charge in [0.1, 0.15) is 0 Å². The molecule has 0 aliphatic heterocycles. The number of anilines is 1. The van der Waals surface area contributed by atoms with E-state index in [1.807, 2.05) is 6.07 Å². The van der Waals surface area contributed by atoms with Crippen molar-refractivity contribution in [1.29, 1.82) is 0 Å². The number of rotatable bonds is 4. The Labute approximate surface area is 91.8 Å². The number of amides is 1. The zero-order valence-corrected chi connectivity index (χ0v) is 9.07. The fourth-order valence-corrected chi connectivity index (χ4v) is 2.02. The monoisotopic (exact) mass is 230 g/mol. The normalized spacial score (nSPS) is 10.1. The third-order valence-electron chi connectivity index (χ3n) is 1.59. The Kier molecular flexibility index (Phi) is 4.10. The van der Waals surface area contributed by atoms with Crippen LogP contribution in [0.2, 0.25) is 5.02 Å². The van der Waals surface area contributed by atoms with Crippen molar-refractivity contribution in [2.75, 3.05) is 11.5 Å². The molecule has 0 saturated heterocycles. The molecule has 0 fully saturated rings. The van der Waals surface area contributed by atoms with Gasteiger partial charge in [0.25, 0.3) is 0 Å². The molecule has 0 heterocycles. The minimum atomic E-state index is -0.293. The Morgan fingerprint density at radius 1 is 1.50 bits per heavy atom. The summed E-state index contributed by atoms with van der Waals surface area (Å²) >= 11 is 7.36. The van der Waals surface area contributed by atoms with Gasteiger partial charge in [-0.2, -0.15) is 0 Å². The molecule has 76 valence electrons. The molecule has 3 nitrogen and oxygen atoms in total. The molecule has 0 radical (unpaired) electrons. The van der Waals surface area contributed by atoms with Gasteiger partial charge in [-0.15, -0.1) is 11.8 Å². The van der Waals surface area contributed by atoms with Gasteiger partial charge in [0.2, 0.25) is 5.91 Å². The van der Waals surface area contributed by atoms with Gasteiger partial charge in [0.15, 0.2) is 0 Å². The molecule has 1 aromatic rings. The Hall–Kier alpha value is -0.870. The standard InChI is InChI=1S/C9H11ClN2OS/c10-7-5-6(1-2-8(7)11)14-4-3-9(12)13/h1-2,5H,3-4,11H2,(H2,12,13). The molecule has 0 bridgehead atoms. The maximum absolute atomic E-state index is 10.5. The first-order valence-electron chi connectivity index (χ1n) is 4.05. The van der Waals surface area contributed by atoms with E-state index in [-0.39, 0.29) is 5.91 Å². The lowest BCUT2D eigenvalue weighted by Gasteiger charge is -2.02. The van der Waals surface area contributed by atoms with Crippen LogP contribution in [0.1, 0.15) is 6.42 Å². The summed E-state index contributed by atoms with van der Waals surface area (Å²) in [5.74, 6) is 0.370. The van der Waals surface area contributed by atoms with E-state index in [1.54, 1.807) is 12.1 Å². The maximum atomic E-state index is 10.5. The summed E-state index contributed by atoms with van der Waals surface area (Å²) in [5.41, 5.74) is 11.1. The van der Waals surface area contributed by atoms with E-state index < -0.39 is 0 Å². The van der Waals surface area contributed by atoms with Crippen LogP contribution in [-0.4, -0.2) is 11.7 Å². The largest absolute Gasteiger partial charge is 0.398 e. The molecule has 0 saturated carbocycles. The molecule has 0 aliphatic carbocycles. The molecule has 1 aromatic carbocycles. The van der Waals surface area contributed by atoms with E-state index in [0.29, 0.717) is 22.9 Å². The summed E-state index contributed by atoms with van der Waals surface area (Å²) in [6.45, 7) is 0. The lowest BCUT2D eigenvalue weighted by atomic mass is 10.3. The van der Waals surface area contributed by atoms with Gasteiger partial charge < -0.3 is 11.5 Å². The van der Waals surface area contributed by atoms with Gasteiger partial charge >= 0.3 is 0 Å². The van der Waals surface area contributed by atoms with Crippen molar-refractivity contribution in [3.05, 3.63) is 23.2 Å². The SMILES string of the molecule is NC(=O)CCSc1ccc(N)c(Cl)c1. The van der Waals surface area contributed by atoms with Crippen LogP contribution >= 0.6 is 23.4 Å². The second kappa shape index (κ2) is 5.12. The highest BCUT2D eigenvalue weighted by Crippen LogP contribution is 2.26. The van der Waals surface area contributed by atoms with Crippen LogP contribution in [0, 0.1) is 0 Å². The lowest BCUT2D eigenvalue weighted by Crippen LogP contribution is -2.10. The van der Waals surface area contributed by atoms with Crippen LogP contribution in [0.15, 0.2) is 23.1 Å². The average Bonchev–Trinajstić information content (AvgIpc) is 2.10. The second-order valence-corrected chi connectivity index (χ2v) is 4.32. The fourth-order valence-electron chi connectivity index (χ4n) is 0.867. The highest BCUT2D eigenvalue weighted by molar-refractivity contribution is 7.99. The first-order valence-corrected chi connectivity index (χ1v) is 5.42. The van der Waals surface area contributed by atoms with Gasteiger partial charge in [0, 0.05) is 17.1 Å². The summed E-state index contributed by atoms with van der Waals surface area (Å²) < 4.78 is 0. The number of nitrogen functional groups attached to an aromatic ring is 1. The average molecular weight is 231 g/mol. The summed E-state index contributed by atoms with van der Waals surface area (Å²) in [6.07, 6.45) is 0.368. The second-order valence-electron chi connectivity index (χ2n) is 2.75. The third-order valence-corrected chi connectivity index (χ3v) is 2.91. The highest BCUT2D eigenvalue weighted by atomic mass is 35.5. The van der Waals surface area contributed by atoms with Crippen molar-refractivity contribution in [2.24, 2.45) is 5.73 Å². The minimum absolute atomic E-state index is 0.293. The summed E-state index contributed by atoms with van der Waals surface area (Å²) in [4.78, 5) is 11.5. The Morgan fingerprint density at radius 3 is 2.79 bits per heavy atom. The van der Waals surface area contributed by atoms with Crippen LogP contribution in [0.3, 0.4) is 0 Å². The summed E-state index contributed by atoms with van der Waals surface area (Å²) in [5, 5.41) is 0.536.